The van der Waals surface area contributed by atoms with Crippen molar-refractivity contribution in [2.24, 2.45) is 0 Å². The smallest absolute Gasteiger partial charge is 0.241 e. The number of nitrogens with zero attached hydrogens (tertiary/aromatic N) is 3. The minimum Gasteiger partial charge on any atom is -0.339 e. The molecular weight excluding hydrogens is 386 g/mol. The molecule has 2 aliphatic heterocycles. The fourth-order valence-corrected chi connectivity index (χ4v) is 5.88. The van der Waals surface area contributed by atoms with E-state index in [1.165, 1.54) is 4.31 Å². The lowest BCUT2D eigenvalue weighted by atomic mass is 10.1. The van der Waals surface area contributed by atoms with Gasteiger partial charge in [0.05, 0.1) is 5.75 Å². The average molecular weight is 414 g/mol. The highest BCUT2D eigenvalue weighted by molar-refractivity contribution is 7.89. The third kappa shape index (κ3) is 5.02. The van der Waals surface area contributed by atoms with Crippen molar-refractivity contribution in [2.45, 2.75) is 38.8 Å². The Morgan fingerprint density at radius 2 is 1.93 bits per heavy atom. The average Bonchev–Trinajstić information content (AvgIpc) is 3.12. The second-order valence-corrected chi connectivity index (χ2v) is 9.79. The zero-order valence-electron chi connectivity index (χ0n) is 15.8. The van der Waals surface area contributed by atoms with Crippen molar-refractivity contribution in [1.29, 1.82) is 0 Å². The molecule has 8 heteroatoms. The Morgan fingerprint density at radius 1 is 1.19 bits per heavy atom. The minimum absolute atomic E-state index is 0.0328. The first-order valence-corrected chi connectivity index (χ1v) is 11.6. The van der Waals surface area contributed by atoms with Crippen molar-refractivity contribution in [3.63, 3.8) is 0 Å². The summed E-state index contributed by atoms with van der Waals surface area (Å²) >= 11 is 6.05. The molecule has 1 aromatic rings. The molecule has 0 aliphatic carbocycles. The predicted molar refractivity (Wildman–Crippen MR) is 107 cm³/mol. The maximum Gasteiger partial charge on any atom is 0.241 e. The fourth-order valence-electron chi connectivity index (χ4n) is 3.93. The van der Waals surface area contributed by atoms with Crippen molar-refractivity contribution in [3.8, 4) is 0 Å². The third-order valence-electron chi connectivity index (χ3n) is 5.29. The third-order valence-corrected chi connectivity index (χ3v) is 7.60. The molecule has 0 N–H and O–H groups in total. The fraction of sp³-hybridized carbons (Fsp3) is 0.632. The molecule has 1 aromatic carbocycles. The van der Waals surface area contributed by atoms with Crippen LogP contribution in [-0.2, 0) is 21.4 Å². The van der Waals surface area contributed by atoms with Gasteiger partial charge >= 0.3 is 0 Å². The van der Waals surface area contributed by atoms with E-state index in [2.05, 4.69) is 11.0 Å². The van der Waals surface area contributed by atoms with Crippen molar-refractivity contribution < 1.29 is 13.2 Å². The molecule has 2 saturated heterocycles. The first-order chi connectivity index (χ1) is 12.9. The minimum atomic E-state index is -3.34. The molecule has 0 spiro atoms. The number of hydrogen-bond acceptors (Lipinski definition) is 4. The van der Waals surface area contributed by atoms with Crippen LogP contribution in [0.3, 0.4) is 0 Å². The van der Waals surface area contributed by atoms with Gasteiger partial charge in [-0.15, -0.1) is 0 Å². The molecule has 2 heterocycles. The quantitative estimate of drug-likeness (QED) is 0.717. The van der Waals surface area contributed by atoms with Crippen LogP contribution >= 0.6 is 11.6 Å². The lowest BCUT2D eigenvalue weighted by Gasteiger charge is -2.37. The van der Waals surface area contributed by atoms with Crippen LogP contribution < -0.4 is 0 Å². The molecule has 150 valence electrons. The van der Waals surface area contributed by atoms with E-state index in [0.717, 1.165) is 36.6 Å². The highest BCUT2D eigenvalue weighted by atomic mass is 35.5. The molecule has 1 atom stereocenters. The Balaban J connectivity index is 1.56. The summed E-state index contributed by atoms with van der Waals surface area (Å²) in [5.41, 5.74) is 1.16. The number of carbonyl (C=O) groups excluding carboxylic acids is 1. The molecule has 6 nitrogen and oxygen atoms in total. The second kappa shape index (κ2) is 8.90. The van der Waals surface area contributed by atoms with E-state index in [4.69, 9.17) is 11.6 Å². The molecule has 0 bridgehead atoms. The van der Waals surface area contributed by atoms with Crippen molar-refractivity contribution in [3.05, 3.63) is 34.9 Å². The van der Waals surface area contributed by atoms with E-state index in [9.17, 15) is 13.2 Å². The van der Waals surface area contributed by atoms with Crippen LogP contribution in [0, 0.1) is 0 Å². The number of rotatable bonds is 6. The van der Waals surface area contributed by atoms with E-state index < -0.39 is 16.1 Å². The van der Waals surface area contributed by atoms with Gasteiger partial charge in [0.2, 0.25) is 15.9 Å². The first-order valence-electron chi connectivity index (χ1n) is 9.66. The van der Waals surface area contributed by atoms with Crippen molar-refractivity contribution >= 4 is 27.5 Å². The molecule has 1 unspecified atom stereocenters. The molecular formula is C19H28ClN3O3S. The highest BCUT2D eigenvalue weighted by Crippen LogP contribution is 2.24. The Bertz CT molecular complexity index is 763. The molecule has 2 aliphatic rings. The maximum absolute atomic E-state index is 13.0. The van der Waals surface area contributed by atoms with Crippen LogP contribution in [0.2, 0.25) is 5.02 Å². The SMILES string of the molecule is CCCS(=O)(=O)N1CCCC1C(=O)N1CCN(Cc2cccc(Cl)c2)CC1. The second-order valence-electron chi connectivity index (χ2n) is 7.32. The summed E-state index contributed by atoms with van der Waals surface area (Å²) in [6.07, 6.45) is 1.96. The summed E-state index contributed by atoms with van der Waals surface area (Å²) in [6, 6.07) is 7.32. The summed E-state index contributed by atoms with van der Waals surface area (Å²) in [6.45, 7) is 5.97. The van der Waals surface area contributed by atoms with Gasteiger partial charge in [0.25, 0.3) is 0 Å². The van der Waals surface area contributed by atoms with Crippen LogP contribution in [0.1, 0.15) is 31.7 Å². The van der Waals surface area contributed by atoms with Gasteiger partial charge in [-0.05, 0) is 37.0 Å². The monoisotopic (exact) mass is 413 g/mol. The van der Waals surface area contributed by atoms with E-state index in [1.807, 2.05) is 30.0 Å². The van der Waals surface area contributed by atoms with Gasteiger partial charge in [-0.2, -0.15) is 4.31 Å². The largest absolute Gasteiger partial charge is 0.339 e. The van der Waals surface area contributed by atoms with Gasteiger partial charge in [0, 0.05) is 44.3 Å². The molecule has 0 radical (unpaired) electrons. The van der Waals surface area contributed by atoms with Gasteiger partial charge in [-0.25, -0.2) is 8.42 Å². The summed E-state index contributed by atoms with van der Waals surface area (Å²) in [5.74, 6) is 0.0825. The number of benzene rings is 1. The topological polar surface area (TPSA) is 60.9 Å². The van der Waals surface area contributed by atoms with E-state index in [1.54, 1.807) is 0 Å². The van der Waals surface area contributed by atoms with E-state index >= 15 is 0 Å². The standard InChI is InChI=1S/C19H28ClN3O3S/c1-2-13-27(25,26)23-8-4-7-18(23)19(24)22-11-9-21(10-12-22)15-16-5-3-6-17(20)14-16/h3,5-6,14,18H,2,4,7-13,15H2,1H3. The number of amides is 1. The Morgan fingerprint density at radius 3 is 2.59 bits per heavy atom. The molecule has 2 fully saturated rings. The van der Waals surface area contributed by atoms with Crippen LogP contribution in [-0.4, -0.2) is 72.9 Å². The Labute approximate surface area is 167 Å². The summed E-state index contributed by atoms with van der Waals surface area (Å²) in [7, 11) is -3.34. The highest BCUT2D eigenvalue weighted by Gasteiger charge is 2.40. The molecule has 27 heavy (non-hydrogen) atoms. The number of sulfonamides is 1. The van der Waals surface area contributed by atoms with Gasteiger partial charge in [0.15, 0.2) is 0 Å². The van der Waals surface area contributed by atoms with Crippen molar-refractivity contribution in [2.75, 3.05) is 38.5 Å². The zero-order valence-corrected chi connectivity index (χ0v) is 17.4. The van der Waals surface area contributed by atoms with E-state index in [-0.39, 0.29) is 11.7 Å². The lowest BCUT2D eigenvalue weighted by Crippen LogP contribution is -2.54. The molecule has 0 aromatic heterocycles. The van der Waals surface area contributed by atoms with Gasteiger partial charge in [-0.3, -0.25) is 9.69 Å². The van der Waals surface area contributed by atoms with Crippen LogP contribution in [0.4, 0.5) is 0 Å². The number of halogens is 1. The number of piperazine rings is 1. The van der Waals surface area contributed by atoms with Crippen LogP contribution in [0.25, 0.3) is 0 Å². The molecule has 3 rings (SSSR count). The Hall–Kier alpha value is -1.15. The summed E-state index contributed by atoms with van der Waals surface area (Å²) in [5, 5.41) is 0.732. The summed E-state index contributed by atoms with van der Waals surface area (Å²) in [4.78, 5) is 17.1. The lowest BCUT2D eigenvalue weighted by molar-refractivity contribution is -0.136. The van der Waals surface area contributed by atoms with E-state index in [0.29, 0.717) is 32.5 Å². The van der Waals surface area contributed by atoms with Crippen LogP contribution in [0.5, 0.6) is 0 Å². The summed E-state index contributed by atoms with van der Waals surface area (Å²) < 4.78 is 26.3. The normalized spacial score (nSPS) is 22.3. The van der Waals surface area contributed by atoms with Gasteiger partial charge in [0.1, 0.15) is 6.04 Å². The maximum atomic E-state index is 13.0. The first kappa shape index (κ1) is 20.6. The Kier molecular flexibility index (Phi) is 6.78. The molecule has 0 saturated carbocycles. The predicted octanol–water partition coefficient (Wildman–Crippen LogP) is 2.19. The molecule has 1 amide bonds. The van der Waals surface area contributed by atoms with Gasteiger partial charge < -0.3 is 4.90 Å². The van der Waals surface area contributed by atoms with Crippen LogP contribution in [0.15, 0.2) is 24.3 Å². The number of carbonyl (C=O) groups is 1. The zero-order chi connectivity index (χ0) is 19.4. The van der Waals surface area contributed by atoms with Crippen molar-refractivity contribution in [1.82, 2.24) is 14.1 Å². The number of hydrogen-bond donors (Lipinski definition) is 0. The van der Waals surface area contributed by atoms with Gasteiger partial charge in [-0.1, -0.05) is 30.7 Å².